The largest absolute Gasteiger partial charge is 0.387 e. The number of aliphatic imine (C=N–C) groups is 1. The molecule has 1 saturated heterocycles. The molecule has 6 nitrogen and oxygen atoms in total. The number of fused-ring (bicyclic) bond motifs is 1. The Hall–Kier alpha value is -1.86. The summed E-state index contributed by atoms with van der Waals surface area (Å²) >= 11 is 0. The third-order valence-electron chi connectivity index (χ3n) is 6.84. The summed E-state index contributed by atoms with van der Waals surface area (Å²) in [4.78, 5) is 7.87. The van der Waals surface area contributed by atoms with E-state index in [1.165, 1.54) is 32.1 Å². The standard InChI is InChI=1S/C23H34N4O2S/c24-23(20-5-2-1-3-6-20)26-17-18-10-14-27(15-11-18)30(28,29)16-12-19-7-4-8-22-21(19)9-13-25-22/h4,7-9,13,18,20,25H,1-3,5-6,10-12,14-17H2,(H2,24,26). The first-order valence-corrected chi connectivity index (χ1v) is 13.0. The normalized spacial score (nSPS) is 20.7. The predicted molar refractivity (Wildman–Crippen MR) is 123 cm³/mol. The average Bonchev–Trinajstić information content (AvgIpc) is 3.26. The summed E-state index contributed by atoms with van der Waals surface area (Å²) in [5.41, 5.74) is 8.37. The molecule has 1 aromatic carbocycles. The number of nitrogens with one attached hydrogen (secondary N) is 1. The number of H-pyrrole nitrogens is 1. The van der Waals surface area contributed by atoms with E-state index in [9.17, 15) is 8.42 Å². The van der Waals surface area contributed by atoms with Crippen LogP contribution in [-0.4, -0.2) is 48.9 Å². The predicted octanol–water partition coefficient (Wildman–Crippen LogP) is 3.69. The fourth-order valence-electron chi connectivity index (χ4n) is 4.87. The quantitative estimate of drug-likeness (QED) is 0.518. The van der Waals surface area contributed by atoms with Gasteiger partial charge in [0.2, 0.25) is 10.0 Å². The molecule has 0 radical (unpaired) electrons. The first kappa shape index (κ1) is 21.4. The molecule has 0 atom stereocenters. The monoisotopic (exact) mass is 430 g/mol. The molecule has 0 spiro atoms. The molecule has 4 rings (SSSR count). The average molecular weight is 431 g/mol. The SMILES string of the molecule is NC(=NCC1CCN(S(=O)(=O)CCc2cccc3[nH]ccc23)CC1)C1CCCCC1. The van der Waals surface area contributed by atoms with Gasteiger partial charge in [0.1, 0.15) is 0 Å². The lowest BCUT2D eigenvalue weighted by atomic mass is 9.88. The van der Waals surface area contributed by atoms with Crippen LogP contribution in [0.3, 0.4) is 0 Å². The molecule has 1 aromatic heterocycles. The number of hydrogen-bond donors (Lipinski definition) is 2. The van der Waals surface area contributed by atoms with E-state index in [1.54, 1.807) is 4.31 Å². The van der Waals surface area contributed by atoms with Gasteiger partial charge in [0.15, 0.2) is 0 Å². The molecule has 0 unspecified atom stereocenters. The van der Waals surface area contributed by atoms with Crippen LogP contribution < -0.4 is 5.73 Å². The lowest BCUT2D eigenvalue weighted by Crippen LogP contribution is -2.40. The highest BCUT2D eigenvalue weighted by atomic mass is 32.2. The highest BCUT2D eigenvalue weighted by Gasteiger charge is 2.28. The van der Waals surface area contributed by atoms with Crippen LogP contribution in [0.25, 0.3) is 10.9 Å². The van der Waals surface area contributed by atoms with E-state index < -0.39 is 10.0 Å². The Labute approximate surface area is 180 Å². The second-order valence-corrected chi connectivity index (χ2v) is 11.0. The second kappa shape index (κ2) is 9.52. The van der Waals surface area contributed by atoms with Gasteiger partial charge in [-0.05, 0) is 55.7 Å². The molecule has 1 aliphatic heterocycles. The van der Waals surface area contributed by atoms with Gasteiger partial charge in [-0.3, -0.25) is 4.99 Å². The van der Waals surface area contributed by atoms with Crippen LogP contribution in [0.5, 0.6) is 0 Å². The van der Waals surface area contributed by atoms with E-state index in [1.807, 2.05) is 30.5 Å². The zero-order chi connectivity index (χ0) is 21.0. The topological polar surface area (TPSA) is 91.5 Å². The fraction of sp³-hybridized carbons (Fsp3) is 0.609. The molecule has 0 amide bonds. The van der Waals surface area contributed by atoms with E-state index in [2.05, 4.69) is 9.98 Å². The molecule has 0 bridgehead atoms. The number of rotatable bonds is 7. The molecular formula is C23H34N4O2S. The summed E-state index contributed by atoms with van der Waals surface area (Å²) in [7, 11) is -3.24. The van der Waals surface area contributed by atoms with Crippen molar-refractivity contribution < 1.29 is 8.42 Å². The van der Waals surface area contributed by atoms with Gasteiger partial charge in [-0.25, -0.2) is 12.7 Å². The number of nitrogens with two attached hydrogens (primary N) is 1. The van der Waals surface area contributed by atoms with Crippen LogP contribution in [0.2, 0.25) is 0 Å². The van der Waals surface area contributed by atoms with Crippen LogP contribution in [-0.2, 0) is 16.4 Å². The molecule has 2 fully saturated rings. The highest BCUT2D eigenvalue weighted by molar-refractivity contribution is 7.89. The van der Waals surface area contributed by atoms with Crippen molar-refractivity contribution in [1.82, 2.24) is 9.29 Å². The summed E-state index contributed by atoms with van der Waals surface area (Å²) < 4.78 is 27.4. The van der Waals surface area contributed by atoms with Crippen LogP contribution in [0.1, 0.15) is 50.5 Å². The van der Waals surface area contributed by atoms with Crippen LogP contribution in [0.4, 0.5) is 0 Å². The van der Waals surface area contributed by atoms with E-state index >= 15 is 0 Å². The zero-order valence-electron chi connectivity index (χ0n) is 17.7. The fourth-order valence-corrected chi connectivity index (χ4v) is 6.37. The first-order chi connectivity index (χ1) is 14.5. The molecule has 1 aliphatic carbocycles. The lowest BCUT2D eigenvalue weighted by Gasteiger charge is -2.31. The molecule has 1 saturated carbocycles. The smallest absolute Gasteiger partial charge is 0.214 e. The van der Waals surface area contributed by atoms with Gasteiger partial charge in [-0.2, -0.15) is 0 Å². The molecule has 30 heavy (non-hydrogen) atoms. The van der Waals surface area contributed by atoms with Gasteiger partial charge in [-0.15, -0.1) is 0 Å². The molecule has 7 heteroatoms. The number of nitrogens with zero attached hydrogens (tertiary/aromatic N) is 2. The van der Waals surface area contributed by atoms with E-state index in [4.69, 9.17) is 5.73 Å². The van der Waals surface area contributed by atoms with E-state index in [0.717, 1.165) is 41.7 Å². The van der Waals surface area contributed by atoms with Gasteiger partial charge in [0, 0.05) is 42.7 Å². The van der Waals surface area contributed by atoms with Gasteiger partial charge in [0.05, 0.1) is 11.6 Å². The van der Waals surface area contributed by atoms with Crippen molar-refractivity contribution in [2.75, 3.05) is 25.4 Å². The lowest BCUT2D eigenvalue weighted by molar-refractivity contribution is 0.278. The summed E-state index contributed by atoms with van der Waals surface area (Å²) in [5, 5.41) is 1.11. The van der Waals surface area contributed by atoms with Crippen molar-refractivity contribution in [3.63, 3.8) is 0 Å². The van der Waals surface area contributed by atoms with Crippen molar-refractivity contribution >= 4 is 26.8 Å². The summed E-state index contributed by atoms with van der Waals surface area (Å²) in [6.07, 6.45) is 10.4. The number of aryl methyl sites for hydroxylation is 1. The van der Waals surface area contributed by atoms with Crippen molar-refractivity contribution in [2.24, 2.45) is 22.6 Å². The Morgan fingerprint density at radius 3 is 2.63 bits per heavy atom. The highest BCUT2D eigenvalue weighted by Crippen LogP contribution is 2.25. The minimum absolute atomic E-state index is 0.161. The Morgan fingerprint density at radius 1 is 1.10 bits per heavy atom. The number of piperidine rings is 1. The minimum atomic E-state index is -3.24. The number of aromatic nitrogens is 1. The number of aromatic amines is 1. The molecule has 164 valence electrons. The molecule has 2 aromatic rings. The van der Waals surface area contributed by atoms with Crippen molar-refractivity contribution in [3.8, 4) is 0 Å². The number of hydrogen-bond acceptors (Lipinski definition) is 3. The first-order valence-electron chi connectivity index (χ1n) is 11.4. The van der Waals surface area contributed by atoms with Crippen LogP contribution in [0.15, 0.2) is 35.5 Å². The molecular weight excluding hydrogens is 396 g/mol. The van der Waals surface area contributed by atoms with Crippen LogP contribution >= 0.6 is 0 Å². The number of benzene rings is 1. The maximum atomic E-state index is 12.9. The van der Waals surface area contributed by atoms with E-state index in [-0.39, 0.29) is 5.75 Å². The number of sulfonamides is 1. The maximum absolute atomic E-state index is 12.9. The summed E-state index contributed by atoms with van der Waals surface area (Å²) in [6, 6.07) is 8.03. The molecule has 3 N–H and O–H groups in total. The summed E-state index contributed by atoms with van der Waals surface area (Å²) in [6.45, 7) is 1.94. The molecule has 2 heterocycles. The van der Waals surface area contributed by atoms with Crippen molar-refractivity contribution in [2.45, 2.75) is 51.4 Å². The summed E-state index contributed by atoms with van der Waals surface area (Å²) in [5.74, 6) is 1.88. The van der Waals surface area contributed by atoms with E-state index in [0.29, 0.717) is 31.3 Å². The maximum Gasteiger partial charge on any atom is 0.214 e. The van der Waals surface area contributed by atoms with Gasteiger partial charge in [0.25, 0.3) is 0 Å². The zero-order valence-corrected chi connectivity index (χ0v) is 18.5. The Bertz CT molecular complexity index is 968. The van der Waals surface area contributed by atoms with Crippen LogP contribution in [0, 0.1) is 11.8 Å². The Kier molecular flexibility index (Phi) is 6.78. The Balaban J connectivity index is 1.27. The van der Waals surface area contributed by atoms with Crippen molar-refractivity contribution in [1.29, 1.82) is 0 Å². The van der Waals surface area contributed by atoms with Gasteiger partial charge >= 0.3 is 0 Å². The second-order valence-electron chi connectivity index (χ2n) is 8.86. The molecule has 2 aliphatic rings. The van der Waals surface area contributed by atoms with Gasteiger partial charge in [-0.1, -0.05) is 31.4 Å². The van der Waals surface area contributed by atoms with Crippen molar-refractivity contribution in [3.05, 3.63) is 36.0 Å². The Morgan fingerprint density at radius 2 is 1.87 bits per heavy atom. The minimum Gasteiger partial charge on any atom is -0.387 e. The third-order valence-corrected chi connectivity index (χ3v) is 8.71. The number of amidine groups is 1. The van der Waals surface area contributed by atoms with Gasteiger partial charge < -0.3 is 10.7 Å². The third kappa shape index (κ3) is 5.06.